The summed E-state index contributed by atoms with van der Waals surface area (Å²) in [7, 11) is 0. The van der Waals surface area contributed by atoms with Crippen molar-refractivity contribution in [2.75, 3.05) is 6.54 Å². The molecule has 1 heterocycles. The lowest BCUT2D eigenvalue weighted by atomic mass is 10.1. The van der Waals surface area contributed by atoms with E-state index < -0.39 is 41.0 Å². The molecule has 2 aromatic carbocycles. The Morgan fingerprint density at radius 2 is 1.89 bits per heavy atom. The van der Waals surface area contributed by atoms with Gasteiger partial charge in [-0.3, -0.25) is 29.4 Å². The number of carbonyl (C=O) groups is 3. The van der Waals surface area contributed by atoms with Crippen LogP contribution in [0.4, 0.5) is 5.69 Å². The lowest BCUT2D eigenvalue weighted by molar-refractivity contribution is -0.385. The molecule has 27 heavy (non-hydrogen) atoms. The van der Waals surface area contributed by atoms with Crippen molar-refractivity contribution < 1.29 is 24.0 Å². The third-order valence-electron chi connectivity index (χ3n) is 4.11. The van der Waals surface area contributed by atoms with Crippen molar-refractivity contribution in [1.82, 2.24) is 4.90 Å². The van der Waals surface area contributed by atoms with Gasteiger partial charge in [-0.25, -0.2) is 0 Å². The van der Waals surface area contributed by atoms with Crippen LogP contribution in [0.2, 0.25) is 5.02 Å². The van der Waals surface area contributed by atoms with Crippen molar-refractivity contribution in [3.05, 3.63) is 74.3 Å². The first-order valence-corrected chi connectivity index (χ1v) is 8.26. The monoisotopic (exact) mass is 388 g/mol. The molecular formula is C18H13ClN2O6. The zero-order chi connectivity index (χ0) is 19.7. The molecule has 0 bridgehead atoms. The van der Waals surface area contributed by atoms with Crippen LogP contribution in [0, 0.1) is 10.1 Å². The largest absolute Gasteiger partial charge is 0.456 e. The minimum absolute atomic E-state index is 0.110. The number of nitrogens with zero attached hydrogens (tertiary/aromatic N) is 2. The van der Waals surface area contributed by atoms with Crippen LogP contribution in [0.15, 0.2) is 42.5 Å². The number of amides is 2. The van der Waals surface area contributed by atoms with Crippen molar-refractivity contribution in [2.24, 2.45) is 0 Å². The summed E-state index contributed by atoms with van der Waals surface area (Å²) in [5, 5.41) is 11.5. The summed E-state index contributed by atoms with van der Waals surface area (Å²) in [5.41, 5.74) is -0.336. The van der Waals surface area contributed by atoms with Gasteiger partial charge in [0.2, 0.25) is 0 Å². The highest BCUT2D eigenvalue weighted by Crippen LogP contribution is 2.31. The zero-order valence-electron chi connectivity index (χ0n) is 14.0. The van der Waals surface area contributed by atoms with Gasteiger partial charge in [-0.05, 0) is 19.1 Å². The van der Waals surface area contributed by atoms with Crippen molar-refractivity contribution in [2.45, 2.75) is 13.0 Å². The van der Waals surface area contributed by atoms with Crippen LogP contribution in [-0.2, 0) is 9.53 Å². The number of rotatable bonds is 5. The SMILES string of the molecule is C[C@H](OC(=O)CN1C(=O)c2cccc([N+](=O)[O-])c2C1=O)c1ccccc1Cl. The summed E-state index contributed by atoms with van der Waals surface area (Å²) >= 11 is 6.05. The minimum atomic E-state index is -0.898. The highest BCUT2D eigenvalue weighted by molar-refractivity contribution is 6.31. The van der Waals surface area contributed by atoms with Crippen LogP contribution in [0.25, 0.3) is 0 Å². The Hall–Kier alpha value is -3.26. The number of imide groups is 1. The Bertz CT molecular complexity index is 974. The fourth-order valence-electron chi connectivity index (χ4n) is 2.84. The van der Waals surface area contributed by atoms with Crippen LogP contribution in [0.1, 0.15) is 39.3 Å². The molecule has 8 nitrogen and oxygen atoms in total. The normalized spacial score (nSPS) is 14.1. The topological polar surface area (TPSA) is 107 Å². The smallest absolute Gasteiger partial charge is 0.326 e. The van der Waals surface area contributed by atoms with Crippen molar-refractivity contribution in [3.63, 3.8) is 0 Å². The number of benzene rings is 2. The van der Waals surface area contributed by atoms with E-state index >= 15 is 0 Å². The number of esters is 1. The third-order valence-corrected chi connectivity index (χ3v) is 4.46. The summed E-state index contributed by atoms with van der Waals surface area (Å²) in [6, 6.07) is 10.5. The van der Waals surface area contributed by atoms with E-state index in [2.05, 4.69) is 0 Å². The molecule has 1 atom stereocenters. The zero-order valence-corrected chi connectivity index (χ0v) is 14.8. The lowest BCUT2D eigenvalue weighted by Crippen LogP contribution is -2.36. The average molecular weight is 389 g/mol. The molecule has 0 aromatic heterocycles. The van der Waals surface area contributed by atoms with Gasteiger partial charge in [-0.1, -0.05) is 35.9 Å². The number of nitro groups is 1. The number of ether oxygens (including phenoxy) is 1. The first-order valence-electron chi connectivity index (χ1n) is 7.88. The number of halogens is 1. The van der Waals surface area contributed by atoms with Crippen molar-refractivity contribution in [1.29, 1.82) is 0 Å². The predicted octanol–water partition coefficient (Wildman–Crippen LogP) is 3.15. The fraction of sp³-hybridized carbons (Fsp3) is 0.167. The number of hydrogen-bond acceptors (Lipinski definition) is 6. The second-order valence-corrected chi connectivity index (χ2v) is 6.21. The van der Waals surface area contributed by atoms with Gasteiger partial charge in [0.05, 0.1) is 10.5 Å². The highest BCUT2D eigenvalue weighted by atomic mass is 35.5. The Morgan fingerprint density at radius 3 is 2.56 bits per heavy atom. The molecule has 2 aromatic rings. The van der Waals surface area contributed by atoms with Gasteiger partial charge in [0.15, 0.2) is 0 Å². The van der Waals surface area contributed by atoms with E-state index in [1.54, 1.807) is 31.2 Å². The van der Waals surface area contributed by atoms with Gasteiger partial charge in [0, 0.05) is 16.7 Å². The van der Waals surface area contributed by atoms with E-state index in [1.807, 2.05) is 0 Å². The quantitative estimate of drug-likeness (QED) is 0.337. The lowest BCUT2D eigenvalue weighted by Gasteiger charge is -2.17. The predicted molar refractivity (Wildman–Crippen MR) is 94.4 cm³/mol. The number of nitro benzene ring substituents is 1. The molecule has 0 saturated carbocycles. The molecule has 138 valence electrons. The molecule has 0 saturated heterocycles. The molecule has 0 aliphatic carbocycles. The molecule has 1 aliphatic rings. The summed E-state index contributed by atoms with van der Waals surface area (Å²) in [4.78, 5) is 48.0. The van der Waals surface area contributed by atoms with Gasteiger partial charge >= 0.3 is 5.97 Å². The molecule has 2 amide bonds. The maximum absolute atomic E-state index is 12.4. The molecule has 0 radical (unpaired) electrons. The summed E-state index contributed by atoms with van der Waals surface area (Å²) in [6.45, 7) is 0.949. The van der Waals surface area contributed by atoms with Crippen LogP contribution < -0.4 is 0 Å². The number of carbonyl (C=O) groups excluding carboxylic acids is 3. The second kappa shape index (κ2) is 7.16. The van der Waals surface area contributed by atoms with Gasteiger partial charge in [-0.15, -0.1) is 0 Å². The molecule has 0 N–H and O–H groups in total. The Morgan fingerprint density at radius 1 is 1.19 bits per heavy atom. The summed E-state index contributed by atoms with van der Waals surface area (Å²) in [5.74, 6) is -2.51. The maximum atomic E-state index is 12.4. The van der Waals surface area contributed by atoms with Crippen LogP contribution in [-0.4, -0.2) is 34.2 Å². The van der Waals surface area contributed by atoms with E-state index in [0.29, 0.717) is 15.5 Å². The standard InChI is InChI=1S/C18H13ClN2O6/c1-10(11-5-2-3-7-13(11)19)27-15(22)9-20-17(23)12-6-4-8-14(21(25)26)16(12)18(20)24/h2-8,10H,9H2,1H3/t10-/m0/s1. The van der Waals surface area contributed by atoms with Crippen LogP contribution in [0.3, 0.4) is 0 Å². The molecule has 9 heteroatoms. The molecular weight excluding hydrogens is 376 g/mol. The van der Waals surface area contributed by atoms with Crippen molar-refractivity contribution >= 4 is 35.1 Å². The van der Waals surface area contributed by atoms with Gasteiger partial charge in [-0.2, -0.15) is 0 Å². The van der Waals surface area contributed by atoms with Gasteiger partial charge in [0.25, 0.3) is 17.5 Å². The maximum Gasteiger partial charge on any atom is 0.326 e. The van der Waals surface area contributed by atoms with E-state index in [0.717, 1.165) is 6.07 Å². The Labute approximate surface area is 158 Å². The van der Waals surface area contributed by atoms with E-state index in [1.165, 1.54) is 12.1 Å². The molecule has 3 rings (SSSR count). The Kier molecular flexibility index (Phi) is 4.91. The first kappa shape index (κ1) is 18.5. The molecule has 1 aliphatic heterocycles. The summed E-state index contributed by atoms with van der Waals surface area (Å²) < 4.78 is 5.25. The number of hydrogen-bond donors (Lipinski definition) is 0. The van der Waals surface area contributed by atoms with Crippen LogP contribution in [0.5, 0.6) is 0 Å². The third kappa shape index (κ3) is 3.39. The van der Waals surface area contributed by atoms with Crippen molar-refractivity contribution in [3.8, 4) is 0 Å². The highest BCUT2D eigenvalue weighted by Gasteiger charge is 2.42. The molecule has 0 fully saturated rings. The van der Waals surface area contributed by atoms with E-state index in [9.17, 15) is 24.5 Å². The first-order chi connectivity index (χ1) is 12.8. The minimum Gasteiger partial charge on any atom is -0.456 e. The van der Waals surface area contributed by atoms with Gasteiger partial charge in [0.1, 0.15) is 18.2 Å². The Balaban J connectivity index is 1.77. The molecule has 0 unspecified atom stereocenters. The average Bonchev–Trinajstić information content (AvgIpc) is 2.87. The second-order valence-electron chi connectivity index (χ2n) is 5.81. The van der Waals surface area contributed by atoms with Gasteiger partial charge < -0.3 is 4.74 Å². The molecule has 0 spiro atoms. The van der Waals surface area contributed by atoms with Crippen LogP contribution >= 0.6 is 11.6 Å². The fourth-order valence-corrected chi connectivity index (χ4v) is 3.13. The van der Waals surface area contributed by atoms with E-state index in [-0.39, 0.29) is 11.1 Å². The summed E-state index contributed by atoms with van der Waals surface area (Å²) in [6.07, 6.45) is -0.698. The van der Waals surface area contributed by atoms with E-state index in [4.69, 9.17) is 16.3 Å². The number of fused-ring (bicyclic) bond motifs is 1.